The van der Waals surface area contributed by atoms with Gasteiger partial charge in [0.05, 0.1) is 11.4 Å². The fraction of sp³-hybridized carbons (Fsp3) is 0.471. The summed E-state index contributed by atoms with van der Waals surface area (Å²) in [4.78, 5) is 35.2. The lowest BCUT2D eigenvalue weighted by Gasteiger charge is -2.32. The maximum absolute atomic E-state index is 12.8. The average Bonchev–Trinajstić information content (AvgIpc) is 2.70. The molecule has 0 bridgehead atoms. The molecule has 2 N–H and O–H groups in total. The van der Waals surface area contributed by atoms with Crippen molar-refractivity contribution in [3.8, 4) is 0 Å². The Morgan fingerprint density at radius 2 is 1.85 bits per heavy atom. The maximum atomic E-state index is 12.8. The van der Waals surface area contributed by atoms with Gasteiger partial charge in [0.1, 0.15) is 6.04 Å². The van der Waals surface area contributed by atoms with Crippen molar-refractivity contribution in [3.63, 3.8) is 0 Å². The van der Waals surface area contributed by atoms with E-state index in [9.17, 15) is 22.8 Å². The van der Waals surface area contributed by atoms with E-state index in [1.54, 1.807) is 18.2 Å². The molecule has 0 unspecified atom stereocenters. The smallest absolute Gasteiger partial charge is 0.324 e. The van der Waals surface area contributed by atoms with Crippen LogP contribution in [0.2, 0.25) is 0 Å². The number of esters is 1. The van der Waals surface area contributed by atoms with Gasteiger partial charge in [-0.15, -0.1) is 0 Å². The van der Waals surface area contributed by atoms with Gasteiger partial charge in [-0.3, -0.25) is 14.4 Å². The van der Waals surface area contributed by atoms with Gasteiger partial charge in [-0.1, -0.05) is 18.2 Å². The molecule has 1 aliphatic rings. The monoisotopic (exact) mass is 397 g/mol. The quantitative estimate of drug-likeness (QED) is 0.606. The molecule has 148 valence electrons. The molecule has 1 aromatic rings. The van der Waals surface area contributed by atoms with Gasteiger partial charge in [-0.2, -0.15) is 4.31 Å². The van der Waals surface area contributed by atoms with Gasteiger partial charge in [0.2, 0.25) is 15.9 Å². The molecule has 9 nitrogen and oxygen atoms in total. The number of amides is 2. The number of benzene rings is 1. The first kappa shape index (κ1) is 20.8. The molecule has 1 saturated heterocycles. The van der Waals surface area contributed by atoms with Crippen LogP contribution in [-0.4, -0.2) is 63.3 Å². The van der Waals surface area contributed by atoms with Crippen molar-refractivity contribution in [1.29, 1.82) is 0 Å². The van der Waals surface area contributed by atoms with Gasteiger partial charge in [0, 0.05) is 13.6 Å². The second-order valence-electron chi connectivity index (χ2n) is 6.00. The van der Waals surface area contributed by atoms with Gasteiger partial charge < -0.3 is 15.4 Å². The number of rotatable bonds is 7. The van der Waals surface area contributed by atoms with Gasteiger partial charge in [0.15, 0.2) is 6.61 Å². The number of nitrogens with zero attached hydrogens (tertiary/aromatic N) is 1. The molecule has 27 heavy (non-hydrogen) atoms. The number of hydrogen-bond donors (Lipinski definition) is 2. The minimum absolute atomic E-state index is 0.105. The highest BCUT2D eigenvalue weighted by atomic mass is 32.2. The molecule has 0 aromatic heterocycles. The summed E-state index contributed by atoms with van der Waals surface area (Å²) in [5, 5.41) is 4.64. The van der Waals surface area contributed by atoms with Crippen molar-refractivity contribution in [2.24, 2.45) is 0 Å². The van der Waals surface area contributed by atoms with Crippen LogP contribution in [0, 0.1) is 0 Å². The predicted octanol–water partition coefficient (Wildman–Crippen LogP) is -0.365. The Balaban J connectivity index is 2.01. The van der Waals surface area contributed by atoms with Crippen LogP contribution in [0.5, 0.6) is 0 Å². The van der Waals surface area contributed by atoms with Crippen LogP contribution in [-0.2, 0) is 29.1 Å². The van der Waals surface area contributed by atoms with Crippen LogP contribution in [0.4, 0.5) is 0 Å². The van der Waals surface area contributed by atoms with Crippen molar-refractivity contribution in [1.82, 2.24) is 14.9 Å². The second kappa shape index (κ2) is 9.47. The highest BCUT2D eigenvalue weighted by Crippen LogP contribution is 2.26. The molecule has 0 spiro atoms. The molecule has 1 heterocycles. The Hall–Kier alpha value is -2.46. The van der Waals surface area contributed by atoms with Crippen molar-refractivity contribution in [3.05, 3.63) is 30.3 Å². The number of ether oxygens (including phenoxy) is 1. The van der Waals surface area contributed by atoms with Gasteiger partial charge in [-0.05, 0) is 31.4 Å². The average molecular weight is 397 g/mol. The largest absolute Gasteiger partial charge is 0.454 e. The molecular weight excluding hydrogens is 374 g/mol. The maximum Gasteiger partial charge on any atom is 0.324 e. The van der Waals surface area contributed by atoms with E-state index in [2.05, 4.69) is 10.6 Å². The minimum Gasteiger partial charge on any atom is -0.454 e. The zero-order valence-electron chi connectivity index (χ0n) is 15.0. The zero-order chi connectivity index (χ0) is 19.9. The fourth-order valence-electron chi connectivity index (χ4n) is 2.71. The molecule has 1 aliphatic heterocycles. The van der Waals surface area contributed by atoms with Crippen molar-refractivity contribution >= 4 is 27.8 Å². The van der Waals surface area contributed by atoms with Crippen molar-refractivity contribution in [2.45, 2.75) is 30.2 Å². The van der Waals surface area contributed by atoms with Gasteiger partial charge >= 0.3 is 5.97 Å². The minimum atomic E-state index is -3.84. The number of likely N-dealkylation sites (N-methyl/N-ethyl adjacent to an activating group) is 1. The number of nitrogens with one attached hydrogen (secondary N) is 2. The predicted molar refractivity (Wildman–Crippen MR) is 96.0 cm³/mol. The molecule has 10 heteroatoms. The van der Waals surface area contributed by atoms with Crippen LogP contribution in [0.3, 0.4) is 0 Å². The summed E-state index contributed by atoms with van der Waals surface area (Å²) in [6, 6.07) is 6.90. The zero-order valence-corrected chi connectivity index (χ0v) is 15.8. The summed E-state index contributed by atoms with van der Waals surface area (Å²) < 4.78 is 31.8. The topological polar surface area (TPSA) is 122 Å². The number of hydrogen-bond acceptors (Lipinski definition) is 6. The molecule has 0 aliphatic carbocycles. The second-order valence-corrected chi connectivity index (χ2v) is 7.89. The summed E-state index contributed by atoms with van der Waals surface area (Å²) in [6.45, 7) is -0.601. The Morgan fingerprint density at radius 1 is 1.15 bits per heavy atom. The number of carbonyl (C=O) groups is 3. The van der Waals surface area contributed by atoms with E-state index in [0.29, 0.717) is 19.3 Å². The van der Waals surface area contributed by atoms with Crippen molar-refractivity contribution in [2.75, 3.05) is 26.7 Å². The summed E-state index contributed by atoms with van der Waals surface area (Å²) in [7, 11) is -2.41. The Kier molecular flexibility index (Phi) is 7.31. The molecule has 1 aromatic carbocycles. The van der Waals surface area contributed by atoms with E-state index in [1.807, 2.05) is 0 Å². The Labute approximate surface area is 158 Å². The molecule has 1 fully saturated rings. The highest BCUT2D eigenvalue weighted by molar-refractivity contribution is 7.89. The lowest BCUT2D eigenvalue weighted by Crippen LogP contribution is -2.49. The first-order valence-corrected chi connectivity index (χ1v) is 10.0. The SMILES string of the molecule is CNC(=O)CNC(=O)COC(=O)[C@@H]1CCCCN1S(=O)(=O)c1ccccc1. The molecule has 0 radical (unpaired) electrons. The van der Waals surface area contributed by atoms with E-state index < -0.39 is 34.5 Å². The molecule has 1 atom stereocenters. The first-order valence-electron chi connectivity index (χ1n) is 8.57. The summed E-state index contributed by atoms with van der Waals surface area (Å²) in [6.07, 6.45) is 1.65. The van der Waals surface area contributed by atoms with E-state index in [4.69, 9.17) is 4.74 Å². The lowest BCUT2D eigenvalue weighted by atomic mass is 10.1. The van der Waals surface area contributed by atoms with E-state index in [0.717, 1.165) is 4.31 Å². The van der Waals surface area contributed by atoms with E-state index in [1.165, 1.54) is 19.2 Å². The highest BCUT2D eigenvalue weighted by Gasteiger charge is 2.38. The van der Waals surface area contributed by atoms with Crippen LogP contribution in [0.1, 0.15) is 19.3 Å². The molecule has 2 amide bonds. The molecule has 0 saturated carbocycles. The summed E-state index contributed by atoms with van der Waals surface area (Å²) in [5.74, 6) is -1.80. The number of carbonyl (C=O) groups excluding carboxylic acids is 3. The standard InChI is InChI=1S/C17H23N3O6S/c1-18-15(21)11-19-16(22)12-26-17(23)14-9-5-6-10-20(14)27(24,25)13-7-3-2-4-8-13/h2-4,7-8,14H,5-6,9-12H2,1H3,(H,18,21)(H,19,22)/t14-/m0/s1. The molecule has 2 rings (SSSR count). The Morgan fingerprint density at radius 3 is 2.52 bits per heavy atom. The summed E-state index contributed by atoms with van der Waals surface area (Å²) in [5.41, 5.74) is 0. The Bertz CT molecular complexity index is 781. The van der Waals surface area contributed by atoms with Gasteiger partial charge in [0.25, 0.3) is 5.91 Å². The molecular formula is C17H23N3O6S. The third kappa shape index (κ3) is 5.51. The lowest BCUT2D eigenvalue weighted by molar-refractivity contribution is -0.153. The van der Waals surface area contributed by atoms with Crippen LogP contribution < -0.4 is 10.6 Å². The third-order valence-corrected chi connectivity index (χ3v) is 6.07. The van der Waals surface area contributed by atoms with Gasteiger partial charge in [-0.25, -0.2) is 8.42 Å². The fourth-order valence-corrected chi connectivity index (χ4v) is 4.38. The van der Waals surface area contributed by atoms with E-state index >= 15 is 0 Å². The van der Waals surface area contributed by atoms with Crippen LogP contribution in [0.25, 0.3) is 0 Å². The number of sulfonamides is 1. The van der Waals surface area contributed by atoms with E-state index in [-0.39, 0.29) is 23.9 Å². The third-order valence-electron chi connectivity index (χ3n) is 4.15. The van der Waals surface area contributed by atoms with Crippen molar-refractivity contribution < 1.29 is 27.5 Å². The summed E-state index contributed by atoms with van der Waals surface area (Å²) >= 11 is 0. The first-order chi connectivity index (χ1) is 12.9. The normalized spacial score (nSPS) is 17.7. The van der Waals surface area contributed by atoms with Crippen LogP contribution >= 0.6 is 0 Å². The van der Waals surface area contributed by atoms with Crippen LogP contribution in [0.15, 0.2) is 35.2 Å². The number of piperidine rings is 1.